The third kappa shape index (κ3) is 5.52. The van der Waals surface area contributed by atoms with Gasteiger partial charge in [-0.25, -0.2) is 4.68 Å². The topological polar surface area (TPSA) is 91.6 Å². The van der Waals surface area contributed by atoms with Crippen LogP contribution in [-0.4, -0.2) is 34.0 Å². The van der Waals surface area contributed by atoms with Crippen LogP contribution < -0.4 is 15.6 Å². The van der Waals surface area contributed by atoms with Crippen LogP contribution in [0, 0.1) is 20.8 Å². The largest absolute Gasteiger partial charge is 0.493 e. The van der Waals surface area contributed by atoms with Crippen molar-refractivity contribution in [3.8, 4) is 11.4 Å². The van der Waals surface area contributed by atoms with Gasteiger partial charge >= 0.3 is 5.97 Å². The molecule has 1 aromatic heterocycles. The van der Waals surface area contributed by atoms with E-state index in [-0.39, 0.29) is 24.3 Å². The highest BCUT2D eigenvalue weighted by molar-refractivity contribution is 5.95. The molecule has 0 aliphatic heterocycles. The molecule has 0 saturated carbocycles. The van der Waals surface area contributed by atoms with Gasteiger partial charge in [-0.3, -0.25) is 19.1 Å². The first-order valence-electron chi connectivity index (χ1n) is 10.7. The summed E-state index contributed by atoms with van der Waals surface area (Å²) in [5.41, 5.74) is 3.07. The summed E-state index contributed by atoms with van der Waals surface area (Å²) in [5.74, 6) is -0.429. The Balaban J connectivity index is 1.59. The second-order valence-corrected chi connectivity index (χ2v) is 7.93. The molecule has 0 unspecified atom stereocenters. The number of ether oxygens (including phenoxy) is 2. The van der Waals surface area contributed by atoms with Crippen molar-refractivity contribution in [2.45, 2.75) is 40.2 Å². The molecule has 0 bridgehead atoms. The van der Waals surface area contributed by atoms with E-state index in [4.69, 9.17) is 9.47 Å². The summed E-state index contributed by atoms with van der Waals surface area (Å²) in [6.45, 7) is 7.22. The van der Waals surface area contributed by atoms with Gasteiger partial charge in [0.15, 0.2) is 6.10 Å². The van der Waals surface area contributed by atoms with Crippen molar-refractivity contribution in [3.63, 3.8) is 0 Å². The smallest absolute Gasteiger partial charge is 0.310 e. The Kier molecular flexibility index (Phi) is 7.37. The fourth-order valence-corrected chi connectivity index (χ4v) is 3.35. The first-order chi connectivity index (χ1) is 15.7. The number of carbonyl (C=O) groups excluding carboxylic acids is 2. The molecule has 0 fully saturated rings. The van der Waals surface area contributed by atoms with Gasteiger partial charge in [0.25, 0.3) is 11.5 Å². The van der Waals surface area contributed by atoms with Crippen molar-refractivity contribution in [2.24, 2.45) is 7.05 Å². The Labute approximate surface area is 192 Å². The highest BCUT2D eigenvalue weighted by Crippen LogP contribution is 2.19. The minimum Gasteiger partial charge on any atom is -0.493 e. The van der Waals surface area contributed by atoms with Crippen LogP contribution in [0.15, 0.2) is 53.3 Å². The summed E-state index contributed by atoms with van der Waals surface area (Å²) in [4.78, 5) is 37.7. The number of aryl methyl sites for hydroxylation is 2. The van der Waals surface area contributed by atoms with E-state index in [2.05, 4.69) is 5.32 Å². The zero-order valence-electron chi connectivity index (χ0n) is 19.5. The minimum atomic E-state index is -1.07. The Morgan fingerprint density at radius 1 is 1.06 bits per heavy atom. The fourth-order valence-electron chi connectivity index (χ4n) is 3.35. The van der Waals surface area contributed by atoms with Crippen LogP contribution in [0.2, 0.25) is 0 Å². The molecule has 0 spiro atoms. The average molecular weight is 452 g/mol. The van der Waals surface area contributed by atoms with E-state index in [0.717, 1.165) is 11.1 Å². The summed E-state index contributed by atoms with van der Waals surface area (Å²) < 4.78 is 14.0. The molecule has 1 heterocycles. The normalized spacial score (nSPS) is 11.7. The molecule has 2 aromatic carbocycles. The monoisotopic (exact) mass is 451 g/mol. The number of benzene rings is 2. The summed E-state index contributed by atoms with van der Waals surface area (Å²) >= 11 is 0. The Morgan fingerprint density at radius 2 is 1.76 bits per heavy atom. The maximum absolute atomic E-state index is 12.9. The van der Waals surface area contributed by atoms with Crippen molar-refractivity contribution in [1.29, 1.82) is 0 Å². The van der Waals surface area contributed by atoms with Crippen LogP contribution in [0.1, 0.15) is 30.2 Å². The molecule has 1 N–H and O–H groups in total. The maximum Gasteiger partial charge on any atom is 0.310 e. The van der Waals surface area contributed by atoms with Crippen molar-refractivity contribution < 1.29 is 19.1 Å². The number of aromatic nitrogens is 2. The highest BCUT2D eigenvalue weighted by atomic mass is 16.5. The molecule has 3 rings (SSSR count). The van der Waals surface area contributed by atoms with E-state index in [1.807, 2.05) is 50.2 Å². The molecule has 0 aliphatic carbocycles. The molecule has 8 heteroatoms. The minimum absolute atomic E-state index is 0.00379. The molecular formula is C25H29N3O5. The SMILES string of the molecule is Cc1ccc(C)c(OCCC(=O)O[C@H](C)C(=O)Nc2c(C)n(C)n(-c3ccccc3)c2=O)c1. The maximum atomic E-state index is 12.9. The number of esters is 1. The second-order valence-electron chi connectivity index (χ2n) is 7.93. The molecule has 0 aliphatic rings. The number of hydrogen-bond donors (Lipinski definition) is 1. The van der Waals surface area contributed by atoms with Crippen molar-refractivity contribution in [1.82, 2.24) is 9.36 Å². The number of amides is 1. The summed E-state index contributed by atoms with van der Waals surface area (Å²) in [6, 6.07) is 15.0. The lowest BCUT2D eigenvalue weighted by Crippen LogP contribution is -2.32. The molecule has 174 valence electrons. The number of para-hydroxylation sites is 1. The summed E-state index contributed by atoms with van der Waals surface area (Å²) in [5, 5.41) is 2.61. The zero-order chi connectivity index (χ0) is 24.1. The first kappa shape index (κ1) is 23.8. The Bertz CT molecular complexity index is 1210. The number of carbonyl (C=O) groups is 2. The average Bonchev–Trinajstić information content (AvgIpc) is 2.99. The lowest BCUT2D eigenvalue weighted by Gasteiger charge is -2.14. The molecule has 1 atom stereocenters. The van der Waals surface area contributed by atoms with Crippen LogP contribution in [0.4, 0.5) is 5.69 Å². The van der Waals surface area contributed by atoms with Crippen molar-refractivity contribution in [2.75, 3.05) is 11.9 Å². The fraction of sp³-hybridized carbons (Fsp3) is 0.320. The van der Waals surface area contributed by atoms with Gasteiger partial charge in [-0.05, 0) is 57.0 Å². The highest BCUT2D eigenvalue weighted by Gasteiger charge is 2.23. The predicted octanol–water partition coefficient (Wildman–Crippen LogP) is 3.44. The van der Waals surface area contributed by atoms with Crippen LogP contribution in [0.3, 0.4) is 0 Å². The number of nitrogens with zero attached hydrogens (tertiary/aromatic N) is 2. The standard InChI is InChI=1S/C25H29N3O5/c1-16-11-12-17(2)21(15-16)32-14-13-22(29)33-19(4)24(30)26-23-18(3)27(5)28(25(23)31)20-9-7-6-8-10-20/h6-12,15,19H,13-14H2,1-5H3,(H,26,30)/t19-/m1/s1. The van der Waals surface area contributed by atoms with E-state index in [0.29, 0.717) is 17.1 Å². The van der Waals surface area contributed by atoms with E-state index in [1.165, 1.54) is 11.6 Å². The van der Waals surface area contributed by atoms with Gasteiger partial charge < -0.3 is 14.8 Å². The molecular weight excluding hydrogens is 422 g/mol. The van der Waals surface area contributed by atoms with Crippen molar-refractivity contribution >= 4 is 17.6 Å². The van der Waals surface area contributed by atoms with Crippen LogP contribution >= 0.6 is 0 Å². The number of nitrogens with one attached hydrogen (secondary N) is 1. The van der Waals surface area contributed by atoms with Crippen molar-refractivity contribution in [3.05, 3.63) is 75.7 Å². The quantitative estimate of drug-likeness (QED) is 0.530. The van der Waals surface area contributed by atoms with E-state index in [1.54, 1.807) is 30.8 Å². The van der Waals surface area contributed by atoms with Gasteiger partial charge in [-0.2, -0.15) is 0 Å². The molecule has 8 nitrogen and oxygen atoms in total. The van der Waals surface area contributed by atoms with Gasteiger partial charge in [0, 0.05) is 7.05 Å². The Hall–Kier alpha value is -3.81. The van der Waals surface area contributed by atoms with Crippen LogP contribution in [0.25, 0.3) is 5.69 Å². The number of hydrogen-bond acceptors (Lipinski definition) is 5. The summed E-state index contributed by atoms with van der Waals surface area (Å²) in [7, 11) is 1.73. The molecule has 33 heavy (non-hydrogen) atoms. The zero-order valence-corrected chi connectivity index (χ0v) is 19.5. The lowest BCUT2D eigenvalue weighted by atomic mass is 10.1. The molecule has 0 saturated heterocycles. The Morgan fingerprint density at radius 3 is 2.45 bits per heavy atom. The second kappa shape index (κ2) is 10.2. The molecule has 0 radical (unpaired) electrons. The van der Waals surface area contributed by atoms with Gasteiger partial charge in [0.2, 0.25) is 0 Å². The third-order valence-corrected chi connectivity index (χ3v) is 5.39. The van der Waals surface area contributed by atoms with Crippen LogP contribution in [0.5, 0.6) is 5.75 Å². The van der Waals surface area contributed by atoms with E-state index >= 15 is 0 Å². The lowest BCUT2D eigenvalue weighted by molar-refractivity contribution is -0.153. The first-order valence-corrected chi connectivity index (χ1v) is 10.7. The van der Waals surface area contributed by atoms with Gasteiger partial charge in [-0.1, -0.05) is 30.3 Å². The molecule has 1 amide bonds. The van der Waals surface area contributed by atoms with Gasteiger partial charge in [-0.15, -0.1) is 0 Å². The van der Waals surface area contributed by atoms with Crippen LogP contribution in [-0.2, 0) is 21.4 Å². The number of rotatable bonds is 8. The molecule has 3 aromatic rings. The number of anilines is 1. The van der Waals surface area contributed by atoms with Gasteiger partial charge in [0.05, 0.1) is 24.4 Å². The van der Waals surface area contributed by atoms with Gasteiger partial charge in [0.1, 0.15) is 11.4 Å². The van der Waals surface area contributed by atoms with E-state index in [9.17, 15) is 14.4 Å². The predicted molar refractivity (Wildman–Crippen MR) is 126 cm³/mol. The summed E-state index contributed by atoms with van der Waals surface area (Å²) in [6.07, 6.45) is -1.07. The third-order valence-electron chi connectivity index (χ3n) is 5.39. The van der Waals surface area contributed by atoms with E-state index < -0.39 is 18.0 Å².